The number of hydrogen-bond acceptors (Lipinski definition) is 7. The molecule has 1 N–H and O–H groups in total. The van der Waals surface area contributed by atoms with Gasteiger partial charge in [0, 0.05) is 19.6 Å². The molecule has 1 aliphatic heterocycles. The van der Waals surface area contributed by atoms with E-state index in [-0.39, 0.29) is 6.61 Å². The Balaban J connectivity index is 1.78. The summed E-state index contributed by atoms with van der Waals surface area (Å²) in [7, 11) is 0. The molecule has 1 aromatic carbocycles. The molecule has 0 spiro atoms. The molecule has 5 rings (SSSR count). The van der Waals surface area contributed by atoms with Gasteiger partial charge < -0.3 is 19.3 Å². The molecule has 0 bridgehead atoms. The van der Waals surface area contributed by atoms with E-state index in [0.717, 1.165) is 29.9 Å². The zero-order chi connectivity index (χ0) is 19.1. The highest BCUT2D eigenvalue weighted by molar-refractivity contribution is 5.85. The summed E-state index contributed by atoms with van der Waals surface area (Å²) in [4.78, 5) is 21.0. The maximum Gasteiger partial charge on any atom is 0.229 e. The quantitative estimate of drug-likeness (QED) is 0.571. The third-order valence-corrected chi connectivity index (χ3v) is 5.01. The molecule has 0 radical (unpaired) electrons. The summed E-state index contributed by atoms with van der Waals surface area (Å²) >= 11 is 0. The van der Waals surface area contributed by atoms with Crippen molar-refractivity contribution in [3.63, 3.8) is 0 Å². The van der Waals surface area contributed by atoms with Crippen LogP contribution in [0.2, 0.25) is 0 Å². The van der Waals surface area contributed by atoms with Crippen molar-refractivity contribution in [3.05, 3.63) is 36.4 Å². The molecule has 0 aliphatic carbocycles. The maximum absolute atomic E-state index is 9.42. The second-order valence-electron chi connectivity index (χ2n) is 6.76. The number of hydrogen-bond donors (Lipinski definition) is 1. The molecule has 4 aromatic rings. The summed E-state index contributed by atoms with van der Waals surface area (Å²) in [5.41, 5.74) is 3.29. The number of rotatable bonds is 4. The minimum atomic E-state index is 0.0186. The lowest BCUT2D eigenvalue weighted by Crippen LogP contribution is -2.37. The van der Waals surface area contributed by atoms with E-state index in [4.69, 9.17) is 14.7 Å². The van der Waals surface area contributed by atoms with Crippen molar-refractivity contribution >= 4 is 28.1 Å². The molecule has 0 atom stereocenters. The lowest BCUT2D eigenvalue weighted by Gasteiger charge is -2.27. The Morgan fingerprint density at radius 1 is 1.11 bits per heavy atom. The molecule has 144 valence electrons. The van der Waals surface area contributed by atoms with E-state index in [1.807, 2.05) is 40.3 Å². The number of anilines is 1. The van der Waals surface area contributed by atoms with Crippen molar-refractivity contribution in [2.45, 2.75) is 13.5 Å². The first-order valence-corrected chi connectivity index (χ1v) is 9.37. The van der Waals surface area contributed by atoms with E-state index >= 15 is 0 Å². The highest BCUT2D eigenvalue weighted by Crippen LogP contribution is 2.27. The van der Waals surface area contributed by atoms with Gasteiger partial charge in [0.15, 0.2) is 17.0 Å². The molecular weight excluding hydrogens is 358 g/mol. The number of nitrogens with zero attached hydrogens (tertiary/aromatic N) is 7. The topological polar surface area (TPSA) is 94.1 Å². The van der Waals surface area contributed by atoms with Gasteiger partial charge >= 0.3 is 0 Å². The molecule has 0 unspecified atom stereocenters. The molecule has 0 amide bonds. The summed E-state index contributed by atoms with van der Waals surface area (Å²) in [6.07, 6.45) is 1.70. The van der Waals surface area contributed by atoms with Crippen molar-refractivity contribution in [1.29, 1.82) is 0 Å². The van der Waals surface area contributed by atoms with Gasteiger partial charge in [0.2, 0.25) is 5.95 Å². The fourth-order valence-corrected chi connectivity index (χ4v) is 3.66. The van der Waals surface area contributed by atoms with E-state index < -0.39 is 0 Å². The number of aliphatic hydroxyl groups excluding tert-OH is 1. The Morgan fingerprint density at radius 2 is 1.93 bits per heavy atom. The minimum Gasteiger partial charge on any atom is -0.395 e. The standard InChI is InChI=1S/C19H21N7O2/c1-13-21-14-4-2-3-5-15(14)26(13)18-16-17(25(6-9-27)12-20-16)22-19(23-18)24-7-10-28-11-8-24/h2-5,12,27H,6-11H2,1H3. The van der Waals surface area contributed by atoms with Crippen LogP contribution in [0.4, 0.5) is 5.95 Å². The molecule has 1 saturated heterocycles. The van der Waals surface area contributed by atoms with Gasteiger partial charge in [-0.3, -0.25) is 4.57 Å². The Kier molecular flexibility index (Phi) is 4.18. The molecule has 4 heterocycles. The number of ether oxygens (including phenoxy) is 1. The van der Waals surface area contributed by atoms with Crippen LogP contribution in [0.1, 0.15) is 5.82 Å². The first-order chi connectivity index (χ1) is 13.8. The van der Waals surface area contributed by atoms with Gasteiger partial charge in [0.05, 0.1) is 37.2 Å². The molecule has 0 saturated carbocycles. The fraction of sp³-hybridized carbons (Fsp3) is 0.368. The largest absolute Gasteiger partial charge is 0.395 e. The fourth-order valence-electron chi connectivity index (χ4n) is 3.66. The van der Waals surface area contributed by atoms with Gasteiger partial charge in [-0.15, -0.1) is 0 Å². The highest BCUT2D eigenvalue weighted by Gasteiger charge is 2.22. The Labute approximate surface area is 161 Å². The zero-order valence-electron chi connectivity index (χ0n) is 15.6. The second kappa shape index (κ2) is 6.84. The van der Waals surface area contributed by atoms with Crippen LogP contribution in [0, 0.1) is 6.92 Å². The van der Waals surface area contributed by atoms with E-state index in [0.29, 0.717) is 42.7 Å². The Bertz CT molecular complexity index is 1140. The molecule has 9 heteroatoms. The zero-order valence-corrected chi connectivity index (χ0v) is 15.6. The number of aromatic nitrogens is 6. The SMILES string of the molecule is Cc1nc2ccccc2n1-c1nc(N2CCOCC2)nc2c1ncn2CCO. The predicted octanol–water partition coefficient (Wildman–Crippen LogP) is 1.30. The smallest absolute Gasteiger partial charge is 0.229 e. The molecule has 28 heavy (non-hydrogen) atoms. The molecule has 1 aliphatic rings. The van der Waals surface area contributed by atoms with E-state index in [1.54, 1.807) is 6.33 Å². The van der Waals surface area contributed by atoms with E-state index in [2.05, 4.69) is 14.9 Å². The number of fused-ring (bicyclic) bond motifs is 2. The first-order valence-electron chi connectivity index (χ1n) is 9.37. The van der Waals surface area contributed by atoms with Crippen LogP contribution in [0.5, 0.6) is 0 Å². The molecule has 3 aromatic heterocycles. The van der Waals surface area contributed by atoms with Gasteiger partial charge in [-0.05, 0) is 19.1 Å². The van der Waals surface area contributed by atoms with Gasteiger partial charge in [-0.2, -0.15) is 9.97 Å². The van der Waals surface area contributed by atoms with Crippen molar-refractivity contribution in [1.82, 2.24) is 29.1 Å². The van der Waals surface area contributed by atoms with Gasteiger partial charge in [0.1, 0.15) is 5.82 Å². The summed E-state index contributed by atoms with van der Waals surface area (Å²) in [6.45, 7) is 5.20. The minimum absolute atomic E-state index is 0.0186. The van der Waals surface area contributed by atoms with Crippen LogP contribution in [0.15, 0.2) is 30.6 Å². The van der Waals surface area contributed by atoms with E-state index in [9.17, 15) is 5.11 Å². The third-order valence-electron chi connectivity index (χ3n) is 5.01. The lowest BCUT2D eigenvalue weighted by atomic mass is 10.3. The van der Waals surface area contributed by atoms with Crippen molar-refractivity contribution in [2.75, 3.05) is 37.8 Å². The van der Waals surface area contributed by atoms with E-state index in [1.165, 1.54) is 0 Å². The predicted molar refractivity (Wildman–Crippen MR) is 105 cm³/mol. The Morgan fingerprint density at radius 3 is 2.75 bits per heavy atom. The molecular formula is C19H21N7O2. The van der Waals surface area contributed by atoms with Gasteiger partial charge in [-0.25, -0.2) is 9.97 Å². The first kappa shape index (κ1) is 17.1. The summed E-state index contributed by atoms with van der Waals surface area (Å²) in [6, 6.07) is 7.99. The molecule has 1 fully saturated rings. The van der Waals surface area contributed by atoms with Crippen molar-refractivity contribution in [3.8, 4) is 5.82 Å². The van der Waals surface area contributed by atoms with Crippen molar-refractivity contribution < 1.29 is 9.84 Å². The highest BCUT2D eigenvalue weighted by atomic mass is 16.5. The second-order valence-corrected chi connectivity index (χ2v) is 6.76. The molecule has 9 nitrogen and oxygen atoms in total. The van der Waals surface area contributed by atoms with Crippen LogP contribution in [-0.4, -0.2) is 67.1 Å². The number of aryl methyl sites for hydroxylation is 1. The van der Waals surface area contributed by atoms with Gasteiger partial charge in [0.25, 0.3) is 0 Å². The summed E-state index contributed by atoms with van der Waals surface area (Å²) < 4.78 is 9.36. The van der Waals surface area contributed by atoms with Crippen LogP contribution in [0.3, 0.4) is 0 Å². The third kappa shape index (κ3) is 2.71. The summed E-state index contributed by atoms with van der Waals surface area (Å²) in [5, 5.41) is 9.42. The Hall–Kier alpha value is -3.04. The average Bonchev–Trinajstić information content (AvgIpc) is 3.28. The number of imidazole rings is 2. The van der Waals surface area contributed by atoms with Crippen molar-refractivity contribution in [2.24, 2.45) is 0 Å². The monoisotopic (exact) mass is 379 g/mol. The van der Waals surface area contributed by atoms with Crippen LogP contribution in [-0.2, 0) is 11.3 Å². The van der Waals surface area contributed by atoms with Crippen LogP contribution < -0.4 is 4.90 Å². The lowest BCUT2D eigenvalue weighted by molar-refractivity contribution is 0.122. The maximum atomic E-state index is 9.42. The number of morpholine rings is 1. The number of para-hydroxylation sites is 2. The van der Waals surface area contributed by atoms with Gasteiger partial charge in [-0.1, -0.05) is 12.1 Å². The number of aliphatic hydroxyl groups is 1. The average molecular weight is 379 g/mol. The van der Waals surface area contributed by atoms with Crippen LogP contribution in [0.25, 0.3) is 28.0 Å². The van der Waals surface area contributed by atoms with Crippen LogP contribution >= 0.6 is 0 Å². The summed E-state index contributed by atoms with van der Waals surface area (Å²) in [5.74, 6) is 2.18. The normalized spacial score (nSPS) is 15.0. The number of benzene rings is 1.